The number of benzene rings is 3. The quantitative estimate of drug-likeness (QED) is 0.122. The molecule has 0 amide bonds. The van der Waals surface area contributed by atoms with Gasteiger partial charge in [0.2, 0.25) is 5.66 Å². The van der Waals surface area contributed by atoms with Gasteiger partial charge in [0.25, 0.3) is 5.69 Å². The molecule has 13 heteroatoms. The summed E-state index contributed by atoms with van der Waals surface area (Å²) in [6.07, 6.45) is 1.27. The minimum absolute atomic E-state index is 0.102. The first kappa shape index (κ1) is 26.4. The Hall–Kier alpha value is -4.70. The maximum absolute atomic E-state index is 14.6. The molecule has 0 aliphatic heterocycles. The maximum atomic E-state index is 14.6. The third kappa shape index (κ3) is 5.35. The van der Waals surface area contributed by atoms with E-state index in [9.17, 15) is 24.3 Å². The zero-order valence-electron chi connectivity index (χ0n) is 20.2. The van der Waals surface area contributed by atoms with Gasteiger partial charge < -0.3 is 18.5 Å². The smallest absolute Gasteiger partial charge is 0.447 e. The predicted octanol–water partition coefficient (Wildman–Crippen LogP) is 4.55. The highest BCUT2D eigenvalue weighted by atomic mass is 31.2. The van der Waals surface area contributed by atoms with Gasteiger partial charge in [-0.2, -0.15) is 5.10 Å². The van der Waals surface area contributed by atoms with Gasteiger partial charge in [0, 0.05) is 17.5 Å². The van der Waals surface area contributed by atoms with Gasteiger partial charge in [0.15, 0.2) is 6.04 Å². The number of carbonyl (C=O) groups is 2. The van der Waals surface area contributed by atoms with E-state index in [0.717, 1.165) is 18.9 Å². The number of esters is 2. The van der Waals surface area contributed by atoms with Gasteiger partial charge in [-0.25, -0.2) is 14.0 Å². The number of fused-ring (bicyclic) bond motifs is 1. The van der Waals surface area contributed by atoms with E-state index in [2.05, 4.69) is 5.10 Å². The summed E-state index contributed by atoms with van der Waals surface area (Å²) in [5.41, 5.74) is -1.88. The van der Waals surface area contributed by atoms with Crippen LogP contribution in [0.4, 0.5) is 5.69 Å². The fourth-order valence-corrected chi connectivity index (χ4v) is 5.85. The van der Waals surface area contributed by atoms with Gasteiger partial charge >= 0.3 is 19.5 Å². The van der Waals surface area contributed by atoms with E-state index in [4.69, 9.17) is 18.5 Å². The number of carbonyl (C=O) groups excluding carboxylic acids is 2. The summed E-state index contributed by atoms with van der Waals surface area (Å²) in [5, 5.41) is 15.7. The molecule has 1 heterocycles. The summed E-state index contributed by atoms with van der Waals surface area (Å²) in [6, 6.07) is 18.1. The Balaban J connectivity index is 1.92. The molecule has 0 aliphatic rings. The number of hydrogen-bond acceptors (Lipinski definition) is 10. The highest BCUT2D eigenvalue weighted by Gasteiger charge is 2.55. The van der Waals surface area contributed by atoms with Gasteiger partial charge in [-0.05, 0) is 30.3 Å². The lowest BCUT2D eigenvalue weighted by molar-refractivity contribution is -0.384. The zero-order chi connectivity index (χ0) is 27.3. The lowest BCUT2D eigenvalue weighted by Gasteiger charge is -2.30. The number of nitro groups is 1. The van der Waals surface area contributed by atoms with Crippen molar-refractivity contribution in [1.82, 2.24) is 9.78 Å². The molecule has 4 aromatic rings. The van der Waals surface area contributed by atoms with Crippen LogP contribution in [0.3, 0.4) is 0 Å². The Bertz CT molecular complexity index is 1460. The van der Waals surface area contributed by atoms with Crippen molar-refractivity contribution in [3.63, 3.8) is 0 Å². The first-order valence-electron chi connectivity index (χ1n) is 11.1. The summed E-state index contributed by atoms with van der Waals surface area (Å²) in [7, 11) is -2.51. The Morgan fingerprint density at radius 3 is 1.95 bits per heavy atom. The number of methoxy groups -OCH3 is 2. The Labute approximate surface area is 216 Å². The second-order valence-electron chi connectivity index (χ2n) is 7.87. The van der Waals surface area contributed by atoms with Crippen molar-refractivity contribution in [2.24, 2.45) is 0 Å². The van der Waals surface area contributed by atoms with E-state index >= 15 is 0 Å². The largest absolute Gasteiger partial charge is 0.468 e. The normalized spacial score (nSPS) is 12.8. The van der Waals surface area contributed by atoms with Crippen molar-refractivity contribution >= 4 is 36.1 Å². The molecule has 0 spiro atoms. The SMILES string of the molecule is COC(=O)[C@H]([C@@H](C(=O)OC)P(=O)(Oc1ccccc1)Oc1ccccc1)n1ncc2cc([N+](=O)[O-])ccc21. The Morgan fingerprint density at radius 2 is 1.45 bits per heavy atom. The average molecular weight is 539 g/mol. The number of nitrogens with zero attached hydrogens (tertiary/aromatic N) is 3. The summed E-state index contributed by atoms with van der Waals surface area (Å²) < 4.78 is 37.3. The van der Waals surface area contributed by atoms with E-state index < -0.39 is 36.2 Å². The molecule has 3 aromatic carbocycles. The van der Waals surface area contributed by atoms with Crippen LogP contribution in [-0.2, 0) is 23.6 Å². The van der Waals surface area contributed by atoms with E-state index in [1.54, 1.807) is 36.4 Å². The number of rotatable bonds is 10. The number of hydrogen-bond donors (Lipinski definition) is 0. The molecule has 0 unspecified atom stereocenters. The van der Waals surface area contributed by atoms with E-state index in [1.807, 2.05) is 0 Å². The average Bonchev–Trinajstić information content (AvgIpc) is 3.34. The summed E-state index contributed by atoms with van der Waals surface area (Å²) in [5.74, 6) is -1.89. The minimum Gasteiger partial charge on any atom is -0.468 e. The molecule has 2 atom stereocenters. The van der Waals surface area contributed by atoms with Gasteiger partial charge in [0.05, 0.1) is 30.9 Å². The molecule has 1 aromatic heterocycles. The molecular formula is C25H22N3O9P. The van der Waals surface area contributed by atoms with E-state index in [0.29, 0.717) is 5.39 Å². The van der Waals surface area contributed by atoms with Crippen LogP contribution in [0, 0.1) is 10.1 Å². The Kier molecular flexibility index (Phi) is 7.73. The van der Waals surface area contributed by atoms with Crippen molar-refractivity contribution < 1.29 is 37.6 Å². The number of para-hydroxylation sites is 2. The van der Waals surface area contributed by atoms with E-state index in [1.165, 1.54) is 48.7 Å². The fourth-order valence-electron chi connectivity index (χ4n) is 3.80. The number of non-ortho nitro benzene ring substituents is 1. The molecule has 0 saturated carbocycles. The third-order valence-corrected chi connectivity index (χ3v) is 7.64. The second kappa shape index (κ2) is 11.1. The van der Waals surface area contributed by atoms with Gasteiger partial charge in [0.1, 0.15) is 11.5 Å². The topological polar surface area (TPSA) is 149 Å². The van der Waals surface area contributed by atoms with Crippen molar-refractivity contribution in [1.29, 1.82) is 0 Å². The molecule has 12 nitrogen and oxygen atoms in total. The van der Waals surface area contributed by atoms with Crippen LogP contribution in [0.5, 0.6) is 11.5 Å². The lowest BCUT2D eigenvalue weighted by atomic mass is 10.2. The summed E-state index contributed by atoms with van der Waals surface area (Å²) >= 11 is 0. The maximum Gasteiger partial charge on any atom is 0.447 e. The van der Waals surface area contributed by atoms with Crippen LogP contribution in [-0.4, -0.2) is 46.5 Å². The first-order valence-corrected chi connectivity index (χ1v) is 12.7. The minimum atomic E-state index is -4.66. The predicted molar refractivity (Wildman–Crippen MR) is 135 cm³/mol. The summed E-state index contributed by atoms with van der Waals surface area (Å²) in [6.45, 7) is 0. The standard InChI is InChI=1S/C25H22N3O9P/c1-34-24(29)22(27-21-14-13-18(28(31)32)15-17(21)16-26-27)23(25(30)35-2)38(33,36-19-9-5-3-6-10-19)37-20-11-7-4-8-12-20/h3-16,22-23H,1-2H3/t22-,23-/m0/s1. The van der Waals surface area contributed by atoms with Crippen LogP contribution in [0.1, 0.15) is 6.04 Å². The molecule has 0 aliphatic carbocycles. The van der Waals surface area contributed by atoms with Crippen molar-refractivity contribution in [3.05, 3.63) is 95.2 Å². The van der Waals surface area contributed by atoms with Gasteiger partial charge in [-0.3, -0.25) is 14.9 Å². The number of ether oxygens (including phenoxy) is 2. The van der Waals surface area contributed by atoms with Gasteiger partial charge in [-0.1, -0.05) is 36.4 Å². The highest BCUT2D eigenvalue weighted by molar-refractivity contribution is 7.56. The van der Waals surface area contributed by atoms with Gasteiger partial charge in [-0.15, -0.1) is 0 Å². The number of nitro benzene ring substituents is 1. The van der Waals surface area contributed by atoms with Crippen LogP contribution >= 0.6 is 7.60 Å². The molecule has 38 heavy (non-hydrogen) atoms. The summed E-state index contributed by atoms with van der Waals surface area (Å²) in [4.78, 5) is 37.1. The van der Waals surface area contributed by atoms with Crippen LogP contribution in [0.25, 0.3) is 10.9 Å². The van der Waals surface area contributed by atoms with Crippen LogP contribution < -0.4 is 9.05 Å². The first-order chi connectivity index (χ1) is 18.3. The van der Waals surface area contributed by atoms with Crippen molar-refractivity contribution in [2.45, 2.75) is 11.7 Å². The zero-order valence-corrected chi connectivity index (χ0v) is 21.1. The molecule has 0 N–H and O–H groups in total. The fraction of sp³-hybridized carbons (Fsp3) is 0.160. The monoisotopic (exact) mass is 539 g/mol. The molecule has 0 radical (unpaired) electrons. The second-order valence-corrected chi connectivity index (χ2v) is 9.88. The van der Waals surface area contributed by atoms with Crippen molar-refractivity contribution in [3.8, 4) is 11.5 Å². The Morgan fingerprint density at radius 1 is 0.895 bits per heavy atom. The molecule has 0 fully saturated rings. The molecular weight excluding hydrogens is 517 g/mol. The molecule has 0 saturated heterocycles. The molecule has 4 rings (SSSR count). The van der Waals surface area contributed by atoms with Crippen LogP contribution in [0.2, 0.25) is 0 Å². The third-order valence-electron chi connectivity index (χ3n) is 5.53. The lowest BCUT2D eigenvalue weighted by Crippen LogP contribution is -2.41. The number of aromatic nitrogens is 2. The van der Waals surface area contributed by atoms with E-state index in [-0.39, 0.29) is 22.7 Å². The van der Waals surface area contributed by atoms with Crippen LogP contribution in [0.15, 0.2) is 85.1 Å². The highest BCUT2D eigenvalue weighted by Crippen LogP contribution is 2.57. The molecule has 196 valence electrons. The molecule has 0 bridgehead atoms. The van der Waals surface area contributed by atoms with Crippen molar-refractivity contribution in [2.75, 3.05) is 14.2 Å².